The van der Waals surface area contributed by atoms with Crippen molar-refractivity contribution >= 4 is 31.5 Å². The Kier molecular flexibility index (Phi) is 6.76. The molecule has 0 spiro atoms. The molecule has 12 heteroatoms. The van der Waals surface area contributed by atoms with Gasteiger partial charge in [-0.3, -0.25) is 0 Å². The first-order chi connectivity index (χ1) is 19.0. The topological polar surface area (TPSA) is 99.5 Å². The van der Waals surface area contributed by atoms with Crippen LogP contribution in [0.15, 0.2) is 59.5 Å². The number of fused-ring (bicyclic) bond motifs is 4. The first-order valence-electron chi connectivity index (χ1n) is 12.2. The molecule has 0 unspecified atom stereocenters. The molecule has 1 aromatic heterocycles. The Bertz CT molecular complexity index is 1510. The van der Waals surface area contributed by atoms with Crippen LogP contribution < -0.4 is 19.6 Å². The van der Waals surface area contributed by atoms with E-state index in [9.17, 15) is 18.8 Å². The molecule has 6 rings (SSSR count). The van der Waals surface area contributed by atoms with Gasteiger partial charge in [0.1, 0.15) is 0 Å². The van der Waals surface area contributed by atoms with Gasteiger partial charge in [-0.25, -0.2) is 0 Å². The predicted octanol–water partition coefficient (Wildman–Crippen LogP) is 1.49. The molecule has 0 aliphatic carbocycles. The third kappa shape index (κ3) is 4.44. The van der Waals surface area contributed by atoms with Crippen molar-refractivity contribution in [2.24, 2.45) is 0 Å². The number of aromatic nitrogens is 1. The van der Waals surface area contributed by atoms with Crippen LogP contribution in [0.5, 0.6) is 5.75 Å². The van der Waals surface area contributed by atoms with Crippen molar-refractivity contribution in [1.29, 1.82) is 0 Å². The Morgan fingerprint density at radius 3 is 2.85 bits per heavy atom. The molecule has 1 saturated heterocycles. The van der Waals surface area contributed by atoms with Crippen molar-refractivity contribution in [2.75, 3.05) is 38.7 Å². The summed E-state index contributed by atoms with van der Waals surface area (Å²) in [6.45, 7) is 0.256. The predicted molar refractivity (Wildman–Crippen MR) is 137 cm³/mol. The Hall–Kier alpha value is -3.86. The summed E-state index contributed by atoms with van der Waals surface area (Å²) in [5, 5.41) is 2.71. The minimum absolute atomic E-state index is 0.00464. The van der Waals surface area contributed by atoms with E-state index in [1.807, 2.05) is 17.1 Å². The average molecular weight is 600 g/mol. The number of pyridine rings is 1. The van der Waals surface area contributed by atoms with Crippen LogP contribution in [0.25, 0.3) is 0 Å². The molecule has 2 atom stereocenters. The molecule has 39 heavy (non-hydrogen) atoms. The maximum absolute atomic E-state index is 14.4. The van der Waals surface area contributed by atoms with Crippen molar-refractivity contribution in [2.45, 2.75) is 17.5 Å². The number of nitrogens with zero attached hydrogens (tertiary/aromatic N) is 3. The van der Waals surface area contributed by atoms with Gasteiger partial charge in [-0.1, -0.05) is 0 Å². The number of ether oxygens (including phenoxy) is 4. The summed E-state index contributed by atoms with van der Waals surface area (Å²) < 4.78 is 37.9. The van der Waals surface area contributed by atoms with Gasteiger partial charge < -0.3 is 0 Å². The molecule has 1 fully saturated rings. The summed E-state index contributed by atoms with van der Waals surface area (Å²) in [4.78, 5) is 39.9. The second kappa shape index (κ2) is 10.4. The second-order valence-electron chi connectivity index (χ2n) is 9.07. The zero-order valence-electron chi connectivity index (χ0n) is 20.9. The molecule has 3 aliphatic rings. The summed E-state index contributed by atoms with van der Waals surface area (Å²) in [5.41, 5.74) is 2.29. The van der Waals surface area contributed by atoms with Crippen LogP contribution in [-0.4, -0.2) is 76.4 Å². The normalized spacial score (nSPS) is 19.7. The van der Waals surface area contributed by atoms with Gasteiger partial charge in [-0.15, -0.1) is 0 Å². The summed E-state index contributed by atoms with van der Waals surface area (Å²) in [7, 11) is 1.15. The molecule has 0 N–H and O–H groups in total. The van der Waals surface area contributed by atoms with Gasteiger partial charge in [-0.05, 0) is 0 Å². The van der Waals surface area contributed by atoms with Crippen LogP contribution in [0.4, 0.5) is 9.18 Å². The van der Waals surface area contributed by atoms with Crippen molar-refractivity contribution < 1.29 is 32.9 Å². The number of halogens is 1. The molecule has 10 nitrogen and oxygen atoms in total. The van der Waals surface area contributed by atoms with E-state index >= 15 is 0 Å². The fourth-order valence-corrected chi connectivity index (χ4v) is 7.54. The number of carbonyl (C=O) groups excluding carboxylic acids is 2. The Labute approximate surface area is 228 Å². The molecular weight excluding hydrogens is 576 g/mol. The summed E-state index contributed by atoms with van der Waals surface area (Å²) in [6, 6.07) is 13.8. The van der Waals surface area contributed by atoms with E-state index < -0.39 is 36.5 Å². The van der Waals surface area contributed by atoms with E-state index in [0.29, 0.717) is 18.5 Å². The molecule has 2 aromatic carbocycles. The Morgan fingerprint density at radius 1 is 1.15 bits per heavy atom. The van der Waals surface area contributed by atoms with E-state index in [4.69, 9.17) is 14.2 Å². The zero-order valence-corrected chi connectivity index (χ0v) is 22.6. The zero-order chi connectivity index (χ0) is 27.1. The molecule has 3 aliphatic heterocycles. The molecule has 4 heterocycles. The van der Waals surface area contributed by atoms with Crippen molar-refractivity contribution in [3.63, 3.8) is 0 Å². The third-order valence-electron chi connectivity index (χ3n) is 6.96. The van der Waals surface area contributed by atoms with Crippen LogP contribution in [0.2, 0.25) is 0 Å². The number of rotatable bonds is 4. The van der Waals surface area contributed by atoms with E-state index in [1.54, 1.807) is 21.7 Å². The number of amides is 1. The van der Waals surface area contributed by atoms with Gasteiger partial charge in [0, 0.05) is 0 Å². The molecule has 1 amide bonds. The number of hydrogen-bond acceptors (Lipinski definition) is 8. The monoisotopic (exact) mass is 601 g/mol. The third-order valence-corrected chi connectivity index (χ3v) is 9.35. The van der Waals surface area contributed by atoms with E-state index in [0.717, 1.165) is 28.3 Å². The SMILES string of the molecule is COC(=O)OCOc1c2n(ccc1=O)N([C@H]1c3ccc(F)cc3C[Se]c3ccccc31)[C@@H]1COCCN1C2=O. The van der Waals surface area contributed by atoms with Gasteiger partial charge in [0.15, 0.2) is 0 Å². The van der Waals surface area contributed by atoms with Crippen molar-refractivity contribution in [3.05, 3.63) is 93.2 Å². The molecular formula is C27H24FN3O7Se. The van der Waals surface area contributed by atoms with Crippen molar-refractivity contribution in [1.82, 2.24) is 9.58 Å². The summed E-state index contributed by atoms with van der Waals surface area (Å²) in [5.74, 6) is -0.960. The Balaban J connectivity index is 1.56. The molecule has 202 valence electrons. The number of hydrogen-bond donors (Lipinski definition) is 0. The van der Waals surface area contributed by atoms with Crippen LogP contribution in [0.1, 0.15) is 33.2 Å². The van der Waals surface area contributed by atoms with E-state index in [-0.39, 0.29) is 38.8 Å². The van der Waals surface area contributed by atoms with E-state index in [2.05, 4.69) is 16.9 Å². The van der Waals surface area contributed by atoms with Gasteiger partial charge in [0.25, 0.3) is 0 Å². The van der Waals surface area contributed by atoms with E-state index in [1.165, 1.54) is 18.3 Å². The number of methoxy groups -OCH3 is 1. The molecule has 0 bridgehead atoms. The first kappa shape index (κ1) is 25.4. The van der Waals surface area contributed by atoms with Crippen LogP contribution >= 0.6 is 0 Å². The van der Waals surface area contributed by atoms with Gasteiger partial charge in [-0.2, -0.15) is 0 Å². The number of morpholine rings is 1. The quantitative estimate of drug-likeness (QED) is 0.253. The molecule has 0 radical (unpaired) electrons. The average Bonchev–Trinajstić information content (AvgIpc) is 3.11. The number of carbonyl (C=O) groups is 2. The van der Waals surface area contributed by atoms with Crippen LogP contribution in [-0.2, 0) is 19.5 Å². The van der Waals surface area contributed by atoms with Crippen molar-refractivity contribution in [3.8, 4) is 5.75 Å². The van der Waals surface area contributed by atoms with Gasteiger partial charge in [0.2, 0.25) is 0 Å². The standard InChI is InChI=1S/C27H24FN3O7Se/c1-35-27(34)38-15-37-25-20(32)8-9-30-24(25)26(33)29-10-11-36-13-22(29)31(30)23-18-7-6-17(28)12-16(18)14-39-21-5-3-2-4-19(21)23/h2-9,12,22-23H,10-11,13-15H2,1H3/t22-,23+/m1/s1. The second-order valence-corrected chi connectivity index (χ2v) is 11.2. The molecule has 0 saturated carbocycles. The Morgan fingerprint density at radius 2 is 2.00 bits per heavy atom. The van der Waals surface area contributed by atoms with Gasteiger partial charge >= 0.3 is 222 Å². The van der Waals surface area contributed by atoms with Gasteiger partial charge in [0.05, 0.1) is 7.11 Å². The van der Waals surface area contributed by atoms with Crippen LogP contribution in [0.3, 0.4) is 0 Å². The number of benzene rings is 2. The van der Waals surface area contributed by atoms with Crippen LogP contribution in [0, 0.1) is 5.82 Å². The fourth-order valence-electron chi connectivity index (χ4n) is 5.27. The minimum atomic E-state index is -0.984. The maximum atomic E-state index is 14.4. The first-order valence-corrected chi connectivity index (χ1v) is 14.3. The fraction of sp³-hybridized carbons (Fsp3) is 0.296. The summed E-state index contributed by atoms with van der Waals surface area (Å²) in [6.07, 6.45) is 0.0426. The molecule has 3 aromatic rings. The summed E-state index contributed by atoms with van der Waals surface area (Å²) >= 11 is 0.0497.